The number of benzene rings is 1. The van der Waals surface area contributed by atoms with E-state index in [0.717, 1.165) is 44.5 Å². The molecule has 4 nitrogen and oxygen atoms in total. The normalized spacial score (nSPS) is 28.8. The minimum absolute atomic E-state index is 0.00293. The highest BCUT2D eigenvalue weighted by Crippen LogP contribution is 2.37. The molecule has 3 rings (SSSR count). The summed E-state index contributed by atoms with van der Waals surface area (Å²) in [6, 6.07) is 8.73. The molecule has 1 spiro atoms. The van der Waals surface area contributed by atoms with Crippen molar-refractivity contribution in [1.82, 2.24) is 10.2 Å². The first-order valence-corrected chi connectivity index (χ1v) is 8.35. The monoisotopic (exact) mass is 302 g/mol. The lowest BCUT2D eigenvalue weighted by Crippen LogP contribution is -2.61. The molecule has 2 aliphatic rings. The van der Waals surface area contributed by atoms with Gasteiger partial charge in [0.25, 0.3) is 0 Å². The summed E-state index contributed by atoms with van der Waals surface area (Å²) in [4.78, 5) is 14.3. The number of carbonyl (C=O) groups excluding carboxylic acids is 1. The van der Waals surface area contributed by atoms with Crippen LogP contribution in [-0.4, -0.2) is 36.0 Å². The van der Waals surface area contributed by atoms with E-state index in [-0.39, 0.29) is 11.4 Å². The van der Waals surface area contributed by atoms with Crippen molar-refractivity contribution in [1.29, 1.82) is 0 Å². The quantitative estimate of drug-likeness (QED) is 0.930. The molecule has 22 heavy (non-hydrogen) atoms. The van der Waals surface area contributed by atoms with Crippen LogP contribution in [-0.2, 0) is 11.3 Å². The number of nitrogens with one attached hydrogen (secondary N) is 1. The molecule has 2 aliphatic heterocycles. The van der Waals surface area contributed by atoms with Crippen molar-refractivity contribution in [3.05, 3.63) is 29.8 Å². The fraction of sp³-hybridized carbons (Fsp3) is 0.611. The first-order chi connectivity index (χ1) is 10.7. The zero-order chi connectivity index (χ0) is 15.6. The Morgan fingerprint density at radius 2 is 2.27 bits per heavy atom. The van der Waals surface area contributed by atoms with E-state index < -0.39 is 0 Å². The van der Waals surface area contributed by atoms with Gasteiger partial charge in [-0.05, 0) is 49.9 Å². The van der Waals surface area contributed by atoms with E-state index in [0.29, 0.717) is 12.5 Å². The molecule has 2 saturated heterocycles. The molecule has 0 radical (unpaired) electrons. The summed E-state index contributed by atoms with van der Waals surface area (Å²) in [5.74, 6) is 1.13. The predicted octanol–water partition coefficient (Wildman–Crippen LogP) is 2.72. The van der Waals surface area contributed by atoms with Gasteiger partial charge in [-0.25, -0.2) is 0 Å². The third-order valence-corrected chi connectivity index (χ3v) is 5.24. The van der Waals surface area contributed by atoms with Crippen LogP contribution in [0.5, 0.6) is 5.75 Å². The van der Waals surface area contributed by atoms with Gasteiger partial charge in [-0.15, -0.1) is 0 Å². The van der Waals surface area contributed by atoms with E-state index in [1.165, 1.54) is 5.56 Å². The second kappa shape index (κ2) is 6.29. The maximum atomic E-state index is 11.8. The van der Waals surface area contributed by atoms with Crippen LogP contribution in [0, 0.1) is 0 Å². The maximum Gasteiger partial charge on any atom is 0.220 e. The number of methoxy groups -OCH3 is 1. The van der Waals surface area contributed by atoms with E-state index in [2.05, 4.69) is 29.3 Å². The fourth-order valence-electron chi connectivity index (χ4n) is 4.29. The highest BCUT2D eigenvalue weighted by Gasteiger charge is 2.47. The number of likely N-dealkylation sites (tertiary alicyclic amines) is 1. The summed E-state index contributed by atoms with van der Waals surface area (Å²) in [7, 11) is 1.71. The molecule has 0 bridgehead atoms. The van der Waals surface area contributed by atoms with Crippen molar-refractivity contribution in [2.24, 2.45) is 0 Å². The van der Waals surface area contributed by atoms with Gasteiger partial charge >= 0.3 is 0 Å². The molecule has 4 heteroatoms. The molecule has 1 aromatic carbocycles. The molecule has 0 aromatic heterocycles. The van der Waals surface area contributed by atoms with Gasteiger partial charge in [0, 0.05) is 19.0 Å². The van der Waals surface area contributed by atoms with E-state index in [1.54, 1.807) is 7.11 Å². The van der Waals surface area contributed by atoms with E-state index in [1.807, 2.05) is 12.1 Å². The SMILES string of the molecule is CC[C@@H]1N(Cc2cccc(OC)c2)CCC[C@@]12CCC(=O)N2. The highest BCUT2D eigenvalue weighted by molar-refractivity contribution is 5.79. The minimum Gasteiger partial charge on any atom is -0.497 e. The molecule has 2 atom stereocenters. The van der Waals surface area contributed by atoms with Crippen LogP contribution in [0.15, 0.2) is 24.3 Å². The number of hydrogen-bond donors (Lipinski definition) is 1. The Bertz CT molecular complexity index is 546. The molecule has 0 unspecified atom stereocenters. The van der Waals surface area contributed by atoms with Crippen molar-refractivity contribution in [3.8, 4) is 5.75 Å². The molecule has 2 heterocycles. The van der Waals surface area contributed by atoms with Crippen LogP contribution in [0.25, 0.3) is 0 Å². The van der Waals surface area contributed by atoms with Crippen LogP contribution in [0.4, 0.5) is 0 Å². The molecular weight excluding hydrogens is 276 g/mol. The first-order valence-electron chi connectivity index (χ1n) is 8.35. The zero-order valence-electron chi connectivity index (χ0n) is 13.6. The molecule has 120 valence electrons. The number of hydrogen-bond acceptors (Lipinski definition) is 3. The lowest BCUT2D eigenvalue weighted by molar-refractivity contribution is -0.120. The van der Waals surface area contributed by atoms with Crippen LogP contribution in [0.2, 0.25) is 0 Å². The lowest BCUT2D eigenvalue weighted by Gasteiger charge is -2.48. The number of rotatable bonds is 4. The third-order valence-electron chi connectivity index (χ3n) is 5.24. The van der Waals surface area contributed by atoms with Gasteiger partial charge < -0.3 is 10.1 Å². The third kappa shape index (κ3) is 2.84. The smallest absolute Gasteiger partial charge is 0.220 e. The highest BCUT2D eigenvalue weighted by atomic mass is 16.5. The summed E-state index contributed by atoms with van der Waals surface area (Å²) in [5.41, 5.74) is 1.28. The minimum atomic E-state index is 0.00293. The summed E-state index contributed by atoms with van der Waals surface area (Å²) in [6.45, 7) is 4.27. The Kier molecular flexibility index (Phi) is 4.39. The van der Waals surface area contributed by atoms with Crippen LogP contribution >= 0.6 is 0 Å². The number of piperidine rings is 1. The van der Waals surface area contributed by atoms with E-state index in [4.69, 9.17) is 4.74 Å². The molecule has 0 saturated carbocycles. The number of ether oxygens (including phenoxy) is 1. The Hall–Kier alpha value is -1.55. The van der Waals surface area contributed by atoms with Gasteiger partial charge in [0.15, 0.2) is 0 Å². The van der Waals surface area contributed by atoms with Gasteiger partial charge in [-0.2, -0.15) is 0 Å². The van der Waals surface area contributed by atoms with Crippen LogP contribution in [0.3, 0.4) is 0 Å². The Morgan fingerprint density at radius 1 is 1.41 bits per heavy atom. The molecule has 2 fully saturated rings. The Balaban J connectivity index is 1.78. The van der Waals surface area contributed by atoms with Crippen molar-refractivity contribution in [2.45, 2.75) is 57.2 Å². The molecule has 0 aliphatic carbocycles. The van der Waals surface area contributed by atoms with E-state index >= 15 is 0 Å². The molecule has 1 amide bonds. The van der Waals surface area contributed by atoms with Gasteiger partial charge in [0.1, 0.15) is 5.75 Å². The summed E-state index contributed by atoms with van der Waals surface area (Å²) in [5, 5.41) is 3.30. The van der Waals surface area contributed by atoms with Gasteiger partial charge in [-0.1, -0.05) is 19.1 Å². The predicted molar refractivity (Wildman–Crippen MR) is 86.8 cm³/mol. The van der Waals surface area contributed by atoms with Gasteiger partial charge in [0.2, 0.25) is 5.91 Å². The summed E-state index contributed by atoms with van der Waals surface area (Å²) in [6.07, 6.45) is 5.01. The topological polar surface area (TPSA) is 41.6 Å². The number of amides is 1. The van der Waals surface area contributed by atoms with Gasteiger partial charge in [-0.3, -0.25) is 9.69 Å². The fourth-order valence-corrected chi connectivity index (χ4v) is 4.29. The molecular formula is C18H26N2O2. The van der Waals surface area contributed by atoms with Crippen molar-refractivity contribution >= 4 is 5.91 Å². The second-order valence-electron chi connectivity index (χ2n) is 6.55. The standard InChI is InChI=1S/C18H26N2O2/c1-3-16-18(10-8-17(21)19-18)9-5-11-20(16)13-14-6-4-7-15(12-14)22-2/h4,6-7,12,16H,3,5,8-11,13H2,1-2H3,(H,19,21)/t16-,18+/m0/s1. The molecule has 1 N–H and O–H groups in total. The largest absolute Gasteiger partial charge is 0.497 e. The van der Waals surface area contributed by atoms with Crippen LogP contribution < -0.4 is 10.1 Å². The Labute approximate surface area is 132 Å². The zero-order valence-corrected chi connectivity index (χ0v) is 13.6. The average molecular weight is 302 g/mol. The van der Waals surface area contributed by atoms with Crippen LogP contribution in [0.1, 0.15) is 44.6 Å². The maximum absolute atomic E-state index is 11.8. The molecule has 1 aromatic rings. The average Bonchev–Trinajstić information content (AvgIpc) is 2.89. The van der Waals surface area contributed by atoms with Crippen molar-refractivity contribution in [3.63, 3.8) is 0 Å². The summed E-state index contributed by atoms with van der Waals surface area (Å²) >= 11 is 0. The first kappa shape index (κ1) is 15.3. The van der Waals surface area contributed by atoms with E-state index in [9.17, 15) is 4.79 Å². The van der Waals surface area contributed by atoms with Crippen molar-refractivity contribution in [2.75, 3.05) is 13.7 Å². The van der Waals surface area contributed by atoms with Gasteiger partial charge in [0.05, 0.1) is 12.6 Å². The van der Waals surface area contributed by atoms with Crippen molar-refractivity contribution < 1.29 is 9.53 Å². The summed E-state index contributed by atoms with van der Waals surface area (Å²) < 4.78 is 5.33. The Morgan fingerprint density at radius 3 is 2.95 bits per heavy atom. The number of carbonyl (C=O) groups is 1. The second-order valence-corrected chi connectivity index (χ2v) is 6.55. The lowest BCUT2D eigenvalue weighted by atomic mass is 9.78. The number of nitrogens with zero attached hydrogens (tertiary/aromatic N) is 1.